The second-order valence-electron chi connectivity index (χ2n) is 8.82. The molecule has 2 aromatic heterocycles. The largest absolute Gasteiger partial charge is 0.337 e. The first-order chi connectivity index (χ1) is 16.9. The summed E-state index contributed by atoms with van der Waals surface area (Å²) in [5.41, 5.74) is 0.414. The van der Waals surface area contributed by atoms with Crippen molar-refractivity contribution in [3.05, 3.63) is 81.8 Å². The third-order valence-corrected chi connectivity index (χ3v) is 7.51. The number of benzene rings is 1. The highest BCUT2D eigenvalue weighted by atomic mass is 32.1. The highest BCUT2D eigenvalue weighted by Gasteiger charge is 2.57. The van der Waals surface area contributed by atoms with Crippen molar-refractivity contribution in [1.29, 1.82) is 0 Å². The van der Waals surface area contributed by atoms with Gasteiger partial charge in [-0.05, 0) is 49.4 Å². The maximum atomic E-state index is 13.9. The number of hydrogen-bond acceptors (Lipinski definition) is 6. The summed E-state index contributed by atoms with van der Waals surface area (Å²) >= 11 is 1.43. The molecule has 0 spiro atoms. The van der Waals surface area contributed by atoms with Gasteiger partial charge in [-0.2, -0.15) is 0 Å². The molecule has 1 atom stereocenters. The van der Waals surface area contributed by atoms with Gasteiger partial charge < -0.3 is 10.2 Å². The van der Waals surface area contributed by atoms with E-state index in [2.05, 4.69) is 15.3 Å². The van der Waals surface area contributed by atoms with E-state index in [1.54, 1.807) is 46.9 Å². The summed E-state index contributed by atoms with van der Waals surface area (Å²) in [6.07, 6.45) is 4.28. The van der Waals surface area contributed by atoms with Gasteiger partial charge in [0.2, 0.25) is 0 Å². The Balaban J connectivity index is 1.40. The first-order valence-corrected chi connectivity index (χ1v) is 12.3. The number of nitrogens with one attached hydrogen (secondary N) is 1. The Morgan fingerprint density at radius 1 is 1.20 bits per heavy atom. The van der Waals surface area contributed by atoms with Crippen LogP contribution in [0.15, 0.2) is 54.2 Å². The van der Waals surface area contributed by atoms with Crippen LogP contribution in [0.2, 0.25) is 0 Å². The van der Waals surface area contributed by atoms with Crippen LogP contribution in [0.3, 0.4) is 0 Å². The second kappa shape index (κ2) is 9.18. The molecule has 1 N–H and O–H groups in total. The molecule has 1 unspecified atom stereocenters. The first-order valence-electron chi connectivity index (χ1n) is 11.4. The lowest BCUT2D eigenvalue weighted by molar-refractivity contribution is -0.134. The summed E-state index contributed by atoms with van der Waals surface area (Å²) in [7, 11) is 0. The summed E-state index contributed by atoms with van der Waals surface area (Å²) in [5, 5.41) is 5.56. The molecular formula is C25H24FN5O3S. The number of pyridine rings is 1. The van der Waals surface area contributed by atoms with Crippen molar-refractivity contribution in [3.8, 4) is 0 Å². The number of halogens is 1. The van der Waals surface area contributed by atoms with E-state index in [0.29, 0.717) is 42.8 Å². The summed E-state index contributed by atoms with van der Waals surface area (Å²) < 4.78 is 13.3. The fourth-order valence-corrected chi connectivity index (χ4v) is 5.54. The molecule has 0 saturated carbocycles. The van der Waals surface area contributed by atoms with Crippen molar-refractivity contribution in [3.63, 3.8) is 0 Å². The maximum Gasteiger partial charge on any atom is 0.325 e. The monoisotopic (exact) mass is 493 g/mol. The predicted molar refractivity (Wildman–Crippen MR) is 127 cm³/mol. The standard InChI is InChI=1S/C25H24FN5O3S/c1-16-28-21(15-35-16)22(32)30-11-8-18(9-12-30)25(19-3-2-10-27-13-19)23(33)31(24(34)29-25)14-17-4-6-20(26)7-5-17/h2-7,10,13,15,18H,8-9,11-12,14H2,1H3,(H,29,34). The van der Waals surface area contributed by atoms with Crippen LogP contribution < -0.4 is 5.32 Å². The minimum atomic E-state index is -1.28. The number of urea groups is 1. The number of amides is 4. The smallest absolute Gasteiger partial charge is 0.325 e. The van der Waals surface area contributed by atoms with E-state index >= 15 is 0 Å². The molecule has 0 aliphatic carbocycles. The summed E-state index contributed by atoms with van der Waals surface area (Å²) in [6.45, 7) is 2.79. The Morgan fingerprint density at radius 2 is 1.94 bits per heavy atom. The van der Waals surface area contributed by atoms with Gasteiger partial charge in [0.15, 0.2) is 5.54 Å². The molecule has 2 aliphatic heterocycles. The van der Waals surface area contributed by atoms with E-state index in [0.717, 1.165) is 5.01 Å². The number of thiazole rings is 1. The van der Waals surface area contributed by atoms with Gasteiger partial charge in [0, 0.05) is 36.4 Å². The number of carbonyl (C=O) groups is 3. The van der Waals surface area contributed by atoms with Gasteiger partial charge in [-0.3, -0.25) is 19.5 Å². The third-order valence-electron chi connectivity index (χ3n) is 6.74. The van der Waals surface area contributed by atoms with Gasteiger partial charge in [0.05, 0.1) is 11.6 Å². The molecule has 35 heavy (non-hydrogen) atoms. The van der Waals surface area contributed by atoms with Gasteiger partial charge in [-0.1, -0.05) is 18.2 Å². The fourth-order valence-electron chi connectivity index (χ4n) is 4.95. The average molecular weight is 494 g/mol. The molecule has 180 valence electrons. The van der Waals surface area contributed by atoms with Crippen LogP contribution in [-0.2, 0) is 16.9 Å². The molecule has 3 aromatic rings. The average Bonchev–Trinajstić information content (AvgIpc) is 3.42. The van der Waals surface area contributed by atoms with Crippen LogP contribution in [-0.4, -0.2) is 50.7 Å². The minimum Gasteiger partial charge on any atom is -0.337 e. The Labute approximate surface area is 205 Å². The Bertz CT molecular complexity index is 1260. The van der Waals surface area contributed by atoms with Gasteiger partial charge in [0.1, 0.15) is 11.5 Å². The van der Waals surface area contributed by atoms with Crippen molar-refractivity contribution in [2.45, 2.75) is 31.8 Å². The van der Waals surface area contributed by atoms with E-state index in [4.69, 9.17) is 0 Å². The Hall–Kier alpha value is -3.66. The van der Waals surface area contributed by atoms with Gasteiger partial charge in [-0.15, -0.1) is 11.3 Å². The van der Waals surface area contributed by atoms with Crippen molar-refractivity contribution >= 4 is 29.2 Å². The Kier molecular flexibility index (Phi) is 6.06. The molecule has 2 saturated heterocycles. The van der Waals surface area contributed by atoms with E-state index in [1.807, 2.05) is 6.92 Å². The normalized spacial score (nSPS) is 20.9. The molecule has 0 bridgehead atoms. The van der Waals surface area contributed by atoms with Gasteiger partial charge in [-0.25, -0.2) is 14.2 Å². The number of imide groups is 1. The zero-order chi connectivity index (χ0) is 24.6. The predicted octanol–water partition coefficient (Wildman–Crippen LogP) is 3.49. The van der Waals surface area contributed by atoms with E-state index in [1.165, 1.54) is 28.4 Å². The van der Waals surface area contributed by atoms with Crippen LogP contribution in [0.5, 0.6) is 0 Å². The molecule has 10 heteroatoms. The molecule has 5 rings (SSSR count). The lowest BCUT2D eigenvalue weighted by atomic mass is 9.73. The zero-order valence-electron chi connectivity index (χ0n) is 19.1. The maximum absolute atomic E-state index is 13.9. The number of carbonyl (C=O) groups excluding carboxylic acids is 3. The van der Waals surface area contributed by atoms with Crippen molar-refractivity contribution < 1.29 is 18.8 Å². The molecule has 2 aliphatic rings. The molecule has 8 nitrogen and oxygen atoms in total. The van der Waals surface area contributed by atoms with Crippen LogP contribution in [0, 0.1) is 18.7 Å². The summed E-state index contributed by atoms with van der Waals surface area (Å²) in [4.78, 5) is 51.3. The Morgan fingerprint density at radius 3 is 2.57 bits per heavy atom. The lowest BCUT2D eigenvalue weighted by Crippen LogP contribution is -2.54. The first kappa shape index (κ1) is 23.1. The number of aryl methyl sites for hydroxylation is 1. The van der Waals surface area contributed by atoms with Gasteiger partial charge in [0.25, 0.3) is 11.8 Å². The van der Waals surface area contributed by atoms with E-state index < -0.39 is 11.6 Å². The molecule has 0 radical (unpaired) electrons. The number of likely N-dealkylation sites (tertiary alicyclic amines) is 1. The highest BCUT2D eigenvalue weighted by Crippen LogP contribution is 2.41. The number of aromatic nitrogens is 2. The lowest BCUT2D eigenvalue weighted by Gasteiger charge is -2.40. The van der Waals surface area contributed by atoms with E-state index in [-0.39, 0.29) is 30.1 Å². The van der Waals surface area contributed by atoms with Crippen molar-refractivity contribution in [2.75, 3.05) is 13.1 Å². The SMILES string of the molecule is Cc1nc(C(=O)N2CCC(C3(c4cccnc4)NC(=O)N(Cc4ccc(F)cc4)C3=O)CC2)cs1. The van der Waals surface area contributed by atoms with Crippen LogP contribution in [0.4, 0.5) is 9.18 Å². The molecule has 2 fully saturated rings. The zero-order valence-corrected chi connectivity index (χ0v) is 19.9. The molecular weight excluding hydrogens is 469 g/mol. The van der Waals surface area contributed by atoms with Crippen molar-refractivity contribution in [2.24, 2.45) is 5.92 Å². The third kappa shape index (κ3) is 4.18. The van der Waals surface area contributed by atoms with Crippen LogP contribution in [0.1, 0.15) is 39.5 Å². The van der Waals surface area contributed by atoms with Crippen LogP contribution >= 0.6 is 11.3 Å². The number of hydrogen-bond donors (Lipinski definition) is 1. The molecule has 4 heterocycles. The summed E-state index contributed by atoms with van der Waals surface area (Å²) in [6, 6.07) is 8.76. The van der Waals surface area contributed by atoms with Crippen LogP contribution in [0.25, 0.3) is 0 Å². The van der Waals surface area contributed by atoms with E-state index in [9.17, 15) is 18.8 Å². The minimum absolute atomic E-state index is 0.0352. The number of nitrogens with zero attached hydrogens (tertiary/aromatic N) is 4. The molecule has 4 amide bonds. The molecule has 1 aromatic carbocycles. The van der Waals surface area contributed by atoms with Crippen molar-refractivity contribution in [1.82, 2.24) is 25.1 Å². The fraction of sp³-hybridized carbons (Fsp3) is 0.320. The highest BCUT2D eigenvalue weighted by molar-refractivity contribution is 7.09. The number of piperidine rings is 1. The topological polar surface area (TPSA) is 95.5 Å². The number of rotatable bonds is 5. The summed E-state index contributed by atoms with van der Waals surface area (Å²) in [5.74, 6) is -1.10. The quantitative estimate of drug-likeness (QED) is 0.549. The second-order valence-corrected chi connectivity index (χ2v) is 9.88. The van der Waals surface area contributed by atoms with Gasteiger partial charge >= 0.3 is 6.03 Å².